The number of carbonyl (C=O) groups excluding carboxylic acids is 2. The summed E-state index contributed by atoms with van der Waals surface area (Å²) in [6.07, 6.45) is 13.6. The lowest BCUT2D eigenvalue weighted by atomic mass is 9.82. The number of aromatic nitrogens is 2. The van der Waals surface area contributed by atoms with Crippen molar-refractivity contribution >= 4 is 35.0 Å². The number of amides is 2. The Kier molecular flexibility index (Phi) is 8.29. The van der Waals surface area contributed by atoms with E-state index < -0.39 is 5.60 Å². The van der Waals surface area contributed by atoms with Gasteiger partial charge in [-0.15, -0.1) is 0 Å². The first-order valence-electron chi connectivity index (χ1n) is 18.8. The van der Waals surface area contributed by atoms with Crippen LogP contribution >= 0.6 is 0 Å². The van der Waals surface area contributed by atoms with Crippen molar-refractivity contribution in [3.8, 4) is 5.75 Å². The topological polar surface area (TPSA) is 106 Å². The monoisotopic (exact) mass is 670 g/mol. The molecular weight excluding hydrogens is 616 g/mol. The lowest BCUT2D eigenvalue weighted by molar-refractivity contribution is -0.120. The average molecular weight is 671 g/mol. The van der Waals surface area contributed by atoms with Crippen molar-refractivity contribution in [1.82, 2.24) is 25.1 Å². The molecule has 1 spiro atoms. The molecule has 8 rings (SSSR count). The van der Waals surface area contributed by atoms with Gasteiger partial charge in [0.1, 0.15) is 23.1 Å². The number of hydrogen-bond donors (Lipinski definition) is 2. The van der Waals surface area contributed by atoms with Crippen LogP contribution in [0.25, 0.3) is 0 Å². The van der Waals surface area contributed by atoms with Crippen molar-refractivity contribution in [2.75, 3.05) is 55.4 Å². The van der Waals surface area contributed by atoms with Gasteiger partial charge >= 0.3 is 0 Å². The summed E-state index contributed by atoms with van der Waals surface area (Å²) >= 11 is 0. The Morgan fingerprint density at radius 3 is 2.47 bits per heavy atom. The first-order valence-corrected chi connectivity index (χ1v) is 18.8. The molecule has 4 heterocycles. The van der Waals surface area contributed by atoms with Gasteiger partial charge in [0.15, 0.2) is 5.82 Å². The van der Waals surface area contributed by atoms with Crippen LogP contribution in [-0.2, 0) is 11.2 Å². The summed E-state index contributed by atoms with van der Waals surface area (Å²) in [6.45, 7) is 10.9. The Morgan fingerprint density at radius 2 is 1.76 bits per heavy atom. The van der Waals surface area contributed by atoms with Crippen LogP contribution in [0.15, 0.2) is 18.3 Å². The first kappa shape index (κ1) is 32.7. The standard InChI is InChI=1S/C38H54N8O3/c1-6-29-35(48)44(5)30-23-39-36(42-33(30)46(29)25-9-7-8-10-25)40-28-12-11-26(27-21-37(2,3)49-32(27)28)34(47)41-31-22-38(31)15-13-24(14-16-38)45-19-17-43(4)18-20-45/h11-12,23-25,29,31H,6-10,13-22H2,1-5H3,(H,41,47)(H,39,40,42)/t24?,29?,31-,38?/m1/s1. The highest BCUT2D eigenvalue weighted by atomic mass is 16.5. The molecule has 3 aliphatic heterocycles. The maximum absolute atomic E-state index is 13.9. The maximum Gasteiger partial charge on any atom is 0.251 e. The number of rotatable bonds is 7. The SMILES string of the molecule is CCC1C(=O)N(C)c2cnc(Nc3ccc(C(=O)N[C@@H]4CC45CCC(N4CCN(C)CC4)CC5)c4c3OC(C)(C)C4)nc2N1C1CCCC1. The second-order valence-electron chi connectivity index (χ2n) is 16.4. The third-order valence-electron chi connectivity index (χ3n) is 12.6. The van der Waals surface area contributed by atoms with E-state index in [1.807, 2.05) is 19.2 Å². The summed E-state index contributed by atoms with van der Waals surface area (Å²) in [5.74, 6) is 2.07. The highest BCUT2D eigenvalue weighted by Crippen LogP contribution is 2.57. The number of anilines is 4. The number of ether oxygens (including phenoxy) is 1. The van der Waals surface area contributed by atoms with Crippen LogP contribution < -0.4 is 25.2 Å². The molecule has 1 unspecified atom stereocenters. The van der Waals surface area contributed by atoms with Crippen LogP contribution in [0.2, 0.25) is 0 Å². The van der Waals surface area contributed by atoms with Gasteiger partial charge in [-0.2, -0.15) is 4.98 Å². The number of nitrogens with zero attached hydrogens (tertiary/aromatic N) is 6. The lowest BCUT2D eigenvalue weighted by Crippen LogP contribution is -2.55. The molecule has 1 aromatic carbocycles. The van der Waals surface area contributed by atoms with E-state index in [0.717, 1.165) is 61.5 Å². The van der Waals surface area contributed by atoms with Crippen LogP contribution in [0.1, 0.15) is 101 Å². The van der Waals surface area contributed by atoms with Crippen molar-refractivity contribution in [3.63, 3.8) is 0 Å². The van der Waals surface area contributed by atoms with Gasteiger partial charge in [-0.3, -0.25) is 14.5 Å². The zero-order valence-electron chi connectivity index (χ0n) is 30.1. The Morgan fingerprint density at radius 1 is 1.02 bits per heavy atom. The molecule has 3 aliphatic carbocycles. The van der Waals surface area contributed by atoms with Crippen LogP contribution in [-0.4, -0.2) is 102 Å². The summed E-state index contributed by atoms with van der Waals surface area (Å²) in [5, 5.41) is 6.89. The molecule has 6 aliphatic rings. The average Bonchev–Trinajstić information content (AvgIpc) is 3.39. The Hall–Kier alpha value is -3.44. The number of fused-ring (bicyclic) bond motifs is 2. The van der Waals surface area contributed by atoms with Crippen molar-refractivity contribution in [2.45, 2.75) is 121 Å². The van der Waals surface area contributed by atoms with Crippen LogP contribution in [0.4, 0.5) is 23.1 Å². The van der Waals surface area contributed by atoms with Gasteiger partial charge in [-0.25, -0.2) is 4.98 Å². The number of nitrogens with one attached hydrogen (secondary N) is 2. The van der Waals surface area contributed by atoms with E-state index in [-0.39, 0.29) is 29.3 Å². The van der Waals surface area contributed by atoms with Gasteiger partial charge in [0, 0.05) is 68.9 Å². The van der Waals surface area contributed by atoms with Crippen molar-refractivity contribution in [3.05, 3.63) is 29.5 Å². The van der Waals surface area contributed by atoms with E-state index in [2.05, 4.69) is 58.1 Å². The molecule has 2 N–H and O–H groups in total. The third kappa shape index (κ3) is 5.94. The number of piperazine rings is 1. The predicted molar refractivity (Wildman–Crippen MR) is 192 cm³/mol. The normalized spacial score (nSPS) is 29.9. The van der Waals surface area contributed by atoms with E-state index >= 15 is 0 Å². The summed E-state index contributed by atoms with van der Waals surface area (Å²) in [6, 6.07) is 4.88. The molecule has 0 bridgehead atoms. The van der Waals surface area contributed by atoms with Crippen LogP contribution in [0.3, 0.4) is 0 Å². The lowest BCUT2D eigenvalue weighted by Gasteiger charge is -2.43. The summed E-state index contributed by atoms with van der Waals surface area (Å²) in [4.78, 5) is 46.0. The molecule has 0 radical (unpaired) electrons. The third-order valence-corrected chi connectivity index (χ3v) is 12.6. The van der Waals surface area contributed by atoms with Crippen LogP contribution in [0.5, 0.6) is 5.75 Å². The summed E-state index contributed by atoms with van der Waals surface area (Å²) in [7, 11) is 4.04. The zero-order valence-corrected chi connectivity index (χ0v) is 30.1. The molecule has 2 amide bonds. The molecule has 264 valence electrons. The highest BCUT2D eigenvalue weighted by Gasteiger charge is 2.56. The van der Waals surface area contributed by atoms with Gasteiger partial charge in [0.2, 0.25) is 11.9 Å². The van der Waals surface area contributed by atoms with E-state index in [9.17, 15) is 9.59 Å². The summed E-state index contributed by atoms with van der Waals surface area (Å²) in [5.41, 5.74) is 2.96. The smallest absolute Gasteiger partial charge is 0.251 e. The second kappa shape index (κ2) is 12.4. The van der Waals surface area contributed by atoms with Gasteiger partial charge < -0.3 is 30.1 Å². The molecule has 4 fully saturated rings. The minimum atomic E-state index is -0.439. The van der Waals surface area contributed by atoms with Crippen molar-refractivity contribution in [2.24, 2.45) is 5.41 Å². The fourth-order valence-electron chi connectivity index (χ4n) is 9.60. The Bertz CT molecular complexity index is 1610. The Balaban J connectivity index is 0.990. The molecule has 2 aromatic rings. The molecule has 3 saturated carbocycles. The minimum Gasteiger partial charge on any atom is -0.485 e. The molecule has 1 saturated heterocycles. The second-order valence-corrected chi connectivity index (χ2v) is 16.4. The van der Waals surface area contributed by atoms with Gasteiger partial charge in [0.25, 0.3) is 5.91 Å². The van der Waals surface area contributed by atoms with Crippen LogP contribution in [0, 0.1) is 5.41 Å². The fraction of sp³-hybridized carbons (Fsp3) is 0.684. The largest absolute Gasteiger partial charge is 0.485 e. The fourth-order valence-corrected chi connectivity index (χ4v) is 9.60. The number of hydrogen-bond acceptors (Lipinski definition) is 9. The number of benzene rings is 1. The van der Waals surface area contributed by atoms with E-state index in [1.54, 1.807) is 11.1 Å². The van der Waals surface area contributed by atoms with E-state index in [0.29, 0.717) is 35.8 Å². The predicted octanol–water partition coefficient (Wildman–Crippen LogP) is 5.12. The quantitative estimate of drug-likeness (QED) is 0.416. The molecule has 11 nitrogen and oxygen atoms in total. The van der Waals surface area contributed by atoms with Crippen molar-refractivity contribution in [1.29, 1.82) is 0 Å². The number of likely N-dealkylation sites (N-methyl/N-ethyl adjacent to an activating group) is 2. The van der Waals surface area contributed by atoms with E-state index in [1.165, 1.54) is 51.6 Å². The van der Waals surface area contributed by atoms with Gasteiger partial charge in [-0.05, 0) is 89.8 Å². The highest BCUT2D eigenvalue weighted by molar-refractivity contribution is 6.04. The van der Waals surface area contributed by atoms with E-state index in [4.69, 9.17) is 9.72 Å². The molecule has 11 heteroatoms. The summed E-state index contributed by atoms with van der Waals surface area (Å²) < 4.78 is 6.51. The van der Waals surface area contributed by atoms with Crippen molar-refractivity contribution < 1.29 is 14.3 Å². The molecular formula is C38H54N8O3. The zero-order chi connectivity index (χ0) is 34.1. The maximum atomic E-state index is 13.9. The number of carbonyl (C=O) groups is 2. The molecule has 49 heavy (non-hydrogen) atoms. The minimum absolute atomic E-state index is 0.00251. The van der Waals surface area contributed by atoms with Gasteiger partial charge in [-0.1, -0.05) is 19.8 Å². The first-order chi connectivity index (χ1) is 23.6. The Labute approximate surface area is 291 Å². The molecule has 1 aromatic heterocycles. The molecule has 2 atom stereocenters. The van der Waals surface area contributed by atoms with Gasteiger partial charge in [0.05, 0.1) is 11.9 Å².